The molecule has 0 aliphatic heterocycles. The number of hydrogen-bond acceptors (Lipinski definition) is 7. The number of benzene rings is 3. The Morgan fingerprint density at radius 2 is 0.765 bits per heavy atom. The van der Waals surface area contributed by atoms with Gasteiger partial charge in [0.15, 0.2) is 0 Å². The molecule has 3 rings (SSSR count). The molecule has 0 atom stereocenters. The molecule has 8 N–H and O–H groups in total. The van der Waals surface area contributed by atoms with Crippen molar-refractivity contribution in [3.05, 3.63) is 89.5 Å². The summed E-state index contributed by atoms with van der Waals surface area (Å²) in [6.07, 6.45) is 0. The second-order valence-corrected chi connectivity index (χ2v) is 11.8. The number of nitrogens with two attached hydrogens (primary N) is 4. The molecule has 0 fully saturated rings. The lowest BCUT2D eigenvalue weighted by atomic mass is 9.68. The van der Waals surface area contributed by atoms with Crippen LogP contribution in [0.15, 0.2) is 87.5 Å². The normalized spacial score (nSPS) is 12.9. The van der Waals surface area contributed by atoms with E-state index in [0.717, 1.165) is 18.2 Å². The third-order valence-electron chi connectivity index (χ3n) is 5.16. The van der Waals surface area contributed by atoms with E-state index in [1.165, 1.54) is 54.6 Å². The van der Waals surface area contributed by atoms with E-state index in [2.05, 4.69) is 0 Å². The SMILES string of the molecule is NC(=O)C(c1ccccc1S(N)(=O)=O)(c1ccccc1S(N)(=O)=O)c1ccccc1S(N)(=O)=O. The molecular weight excluding hydrogens is 504 g/mol. The van der Waals surface area contributed by atoms with Crippen molar-refractivity contribution < 1.29 is 30.0 Å². The second-order valence-electron chi connectivity index (χ2n) is 7.24. The maximum Gasteiger partial charge on any atom is 0.238 e. The van der Waals surface area contributed by atoms with Gasteiger partial charge in [0.05, 0.1) is 14.7 Å². The fourth-order valence-corrected chi connectivity index (χ4v) is 6.29. The van der Waals surface area contributed by atoms with Gasteiger partial charge in [-0.15, -0.1) is 0 Å². The number of rotatable bonds is 7. The lowest BCUT2D eigenvalue weighted by Crippen LogP contribution is -2.46. The van der Waals surface area contributed by atoms with Gasteiger partial charge in [0.1, 0.15) is 5.41 Å². The van der Waals surface area contributed by atoms with Crippen molar-refractivity contribution in [3.8, 4) is 0 Å². The van der Waals surface area contributed by atoms with Crippen LogP contribution in [0.25, 0.3) is 0 Å². The Morgan fingerprint density at radius 1 is 0.529 bits per heavy atom. The summed E-state index contributed by atoms with van der Waals surface area (Å²) >= 11 is 0. The lowest BCUT2D eigenvalue weighted by Gasteiger charge is -2.35. The van der Waals surface area contributed by atoms with E-state index in [1.54, 1.807) is 0 Å². The van der Waals surface area contributed by atoms with Crippen LogP contribution in [0.2, 0.25) is 0 Å². The number of carbonyl (C=O) groups is 1. The van der Waals surface area contributed by atoms with Gasteiger partial charge in [-0.2, -0.15) is 0 Å². The number of hydrogen-bond donors (Lipinski definition) is 4. The first-order chi connectivity index (χ1) is 15.6. The molecule has 0 bridgehead atoms. The Hall–Kier alpha value is -3.14. The summed E-state index contributed by atoms with van der Waals surface area (Å²) in [5.74, 6) is -1.31. The molecule has 0 heterocycles. The summed E-state index contributed by atoms with van der Waals surface area (Å²) in [4.78, 5) is 11.6. The third kappa shape index (κ3) is 4.34. The highest BCUT2D eigenvalue weighted by atomic mass is 32.2. The van der Waals surface area contributed by atoms with Gasteiger partial charge in [-0.25, -0.2) is 40.7 Å². The Labute approximate surface area is 196 Å². The van der Waals surface area contributed by atoms with Crippen LogP contribution < -0.4 is 21.2 Å². The van der Waals surface area contributed by atoms with Crippen LogP contribution >= 0.6 is 0 Å². The minimum atomic E-state index is -4.53. The molecule has 11 nitrogen and oxygen atoms in total. The zero-order valence-corrected chi connectivity index (χ0v) is 19.8. The molecule has 0 aliphatic rings. The Morgan fingerprint density at radius 3 is 0.971 bits per heavy atom. The molecule has 14 heteroatoms. The second kappa shape index (κ2) is 8.57. The molecule has 0 saturated heterocycles. The van der Waals surface area contributed by atoms with E-state index in [-0.39, 0.29) is 0 Å². The zero-order chi connectivity index (χ0) is 25.5. The highest BCUT2D eigenvalue weighted by molar-refractivity contribution is 7.89. The van der Waals surface area contributed by atoms with Crippen LogP contribution in [0.5, 0.6) is 0 Å². The lowest BCUT2D eigenvalue weighted by molar-refractivity contribution is -0.121. The number of primary amides is 1. The van der Waals surface area contributed by atoms with E-state index in [1.807, 2.05) is 0 Å². The smallest absolute Gasteiger partial charge is 0.238 e. The molecular formula is C20H20N4O7S3. The third-order valence-corrected chi connectivity index (χ3v) is 8.07. The van der Waals surface area contributed by atoms with Gasteiger partial charge in [0, 0.05) is 0 Å². The zero-order valence-electron chi connectivity index (χ0n) is 17.3. The molecule has 0 spiro atoms. The van der Waals surface area contributed by atoms with Crippen molar-refractivity contribution in [2.75, 3.05) is 0 Å². The van der Waals surface area contributed by atoms with Crippen LogP contribution in [-0.2, 0) is 40.3 Å². The largest absolute Gasteiger partial charge is 0.368 e. The van der Waals surface area contributed by atoms with Crippen LogP contribution in [0, 0.1) is 0 Å². The van der Waals surface area contributed by atoms with Crippen LogP contribution in [-0.4, -0.2) is 31.2 Å². The quantitative estimate of drug-likeness (QED) is 0.295. The molecule has 0 aromatic heterocycles. The van der Waals surface area contributed by atoms with E-state index in [0.29, 0.717) is 0 Å². The minimum Gasteiger partial charge on any atom is -0.368 e. The minimum absolute atomic E-state index is 0.391. The van der Waals surface area contributed by atoms with Crippen LogP contribution in [0.1, 0.15) is 16.7 Å². The molecule has 3 aromatic rings. The van der Waals surface area contributed by atoms with Crippen molar-refractivity contribution in [2.24, 2.45) is 21.2 Å². The first kappa shape index (κ1) is 25.5. The van der Waals surface area contributed by atoms with Gasteiger partial charge in [-0.05, 0) is 34.9 Å². The van der Waals surface area contributed by atoms with E-state index in [4.69, 9.17) is 21.2 Å². The number of primary sulfonamides is 3. The van der Waals surface area contributed by atoms with Gasteiger partial charge in [0.2, 0.25) is 36.0 Å². The summed E-state index contributed by atoms with van der Waals surface area (Å²) in [5.41, 5.74) is 2.17. The predicted molar refractivity (Wildman–Crippen MR) is 123 cm³/mol. The number of carbonyl (C=O) groups excluding carboxylic acids is 1. The summed E-state index contributed by atoms with van der Waals surface area (Å²) in [7, 11) is -13.6. The Bertz CT molecular complexity index is 1430. The van der Waals surface area contributed by atoms with E-state index in [9.17, 15) is 30.0 Å². The molecule has 0 saturated carbocycles. The fourth-order valence-electron chi connectivity index (χ4n) is 3.91. The van der Waals surface area contributed by atoms with Gasteiger partial charge in [-0.3, -0.25) is 4.79 Å². The summed E-state index contributed by atoms with van der Waals surface area (Å²) < 4.78 is 74.9. The Kier molecular flexibility index (Phi) is 6.43. The topological polar surface area (TPSA) is 224 Å². The number of amides is 1. The standard InChI is InChI=1S/C20H20N4O7S3/c21-19(25)20(13-7-1-4-10-16(13)32(22,26)27,14-8-2-5-11-17(14)33(23,28)29)15-9-3-6-12-18(15)34(24,30)31/h1-12H,(H2,21,25)(H2,22,26,27)(H2,23,28,29)(H2,24,30,31). The molecule has 180 valence electrons. The van der Waals surface area contributed by atoms with Gasteiger partial charge in [-0.1, -0.05) is 54.6 Å². The summed E-state index contributed by atoms with van der Waals surface area (Å²) in [5, 5.41) is 16.2. The molecule has 0 aliphatic carbocycles. The van der Waals surface area contributed by atoms with E-state index < -0.39 is 72.8 Å². The molecule has 34 heavy (non-hydrogen) atoms. The van der Waals surface area contributed by atoms with Gasteiger partial charge >= 0.3 is 0 Å². The predicted octanol–water partition coefficient (Wildman–Crippen LogP) is -0.551. The van der Waals surface area contributed by atoms with Crippen molar-refractivity contribution in [1.29, 1.82) is 0 Å². The fraction of sp³-hybridized carbons (Fsp3) is 0.0500. The summed E-state index contributed by atoms with van der Waals surface area (Å²) in [6, 6.07) is 14.7. The first-order valence-electron chi connectivity index (χ1n) is 9.29. The maximum atomic E-state index is 13.4. The van der Waals surface area contributed by atoms with Crippen molar-refractivity contribution in [1.82, 2.24) is 0 Å². The molecule has 3 aromatic carbocycles. The highest BCUT2D eigenvalue weighted by Crippen LogP contribution is 2.45. The Balaban J connectivity index is 2.77. The van der Waals surface area contributed by atoms with Gasteiger partial charge in [0.25, 0.3) is 0 Å². The van der Waals surface area contributed by atoms with E-state index >= 15 is 0 Å². The molecule has 0 radical (unpaired) electrons. The number of sulfonamides is 3. The summed E-state index contributed by atoms with van der Waals surface area (Å²) in [6.45, 7) is 0. The monoisotopic (exact) mass is 524 g/mol. The average Bonchev–Trinajstić information content (AvgIpc) is 2.73. The van der Waals surface area contributed by atoms with Crippen LogP contribution in [0.4, 0.5) is 0 Å². The average molecular weight is 525 g/mol. The molecule has 1 amide bonds. The van der Waals surface area contributed by atoms with Crippen molar-refractivity contribution in [2.45, 2.75) is 20.1 Å². The first-order valence-corrected chi connectivity index (χ1v) is 13.9. The van der Waals surface area contributed by atoms with Crippen molar-refractivity contribution >= 4 is 36.0 Å². The molecule has 0 unspecified atom stereocenters. The van der Waals surface area contributed by atoms with Crippen LogP contribution in [0.3, 0.4) is 0 Å². The maximum absolute atomic E-state index is 13.4. The highest BCUT2D eigenvalue weighted by Gasteiger charge is 2.49. The van der Waals surface area contributed by atoms with Gasteiger partial charge < -0.3 is 5.73 Å². The van der Waals surface area contributed by atoms with Crippen molar-refractivity contribution in [3.63, 3.8) is 0 Å².